The molecule has 0 saturated heterocycles. The molecular weight excluding hydrogens is 324 g/mol. The summed E-state index contributed by atoms with van der Waals surface area (Å²) >= 11 is 0. The van der Waals surface area contributed by atoms with Gasteiger partial charge in [0, 0.05) is 28.9 Å². The van der Waals surface area contributed by atoms with E-state index in [1.165, 1.54) is 11.1 Å². The average molecular weight is 346 g/mol. The molecule has 1 aromatic heterocycles. The molecule has 2 aromatic carbocycles. The Morgan fingerprint density at radius 1 is 0.962 bits per heavy atom. The first-order valence-electron chi connectivity index (χ1n) is 8.50. The zero-order chi connectivity index (χ0) is 18.8. The van der Waals surface area contributed by atoms with Gasteiger partial charge in [0.05, 0.1) is 11.3 Å². The lowest BCUT2D eigenvalue weighted by Gasteiger charge is -2.11. The summed E-state index contributed by atoms with van der Waals surface area (Å²) in [6.07, 6.45) is 1.83. The zero-order valence-electron chi connectivity index (χ0n) is 15.4. The Morgan fingerprint density at radius 2 is 1.58 bits per heavy atom. The molecule has 4 nitrogen and oxygen atoms in total. The van der Waals surface area contributed by atoms with Crippen LogP contribution in [0.1, 0.15) is 38.4 Å². The minimum Gasteiger partial charge on any atom is -0.478 e. The first-order valence-corrected chi connectivity index (χ1v) is 8.50. The van der Waals surface area contributed by atoms with E-state index in [9.17, 15) is 4.79 Å². The van der Waals surface area contributed by atoms with Crippen LogP contribution >= 0.6 is 0 Å². The molecule has 0 saturated carbocycles. The predicted octanol–water partition coefficient (Wildman–Crippen LogP) is 5.16. The number of hydrogen-bond donors (Lipinski definition) is 1. The lowest BCUT2D eigenvalue weighted by atomic mass is 10.1. The van der Waals surface area contributed by atoms with Crippen LogP contribution in [0.25, 0.3) is 5.69 Å². The van der Waals surface area contributed by atoms with Crippen molar-refractivity contribution in [3.63, 3.8) is 0 Å². The van der Waals surface area contributed by atoms with Crippen molar-refractivity contribution in [2.45, 2.75) is 27.7 Å². The van der Waals surface area contributed by atoms with Crippen molar-refractivity contribution in [1.29, 1.82) is 0 Å². The largest absolute Gasteiger partial charge is 0.478 e. The molecule has 0 aliphatic carbocycles. The average Bonchev–Trinajstić information content (AvgIpc) is 2.86. The van der Waals surface area contributed by atoms with Crippen LogP contribution in [-0.4, -0.2) is 21.9 Å². The number of aromatic nitrogens is 1. The van der Waals surface area contributed by atoms with Crippen LogP contribution in [0, 0.1) is 27.7 Å². The minimum absolute atomic E-state index is 0.261. The van der Waals surface area contributed by atoms with E-state index >= 15 is 0 Å². The highest BCUT2D eigenvalue weighted by atomic mass is 16.4. The Kier molecular flexibility index (Phi) is 4.76. The first-order chi connectivity index (χ1) is 12.3. The SMILES string of the molecule is Cc1cc(C)cc(-n2c(C)cc(C=Nc3ccc(C(=O)O)cc3)c2C)c1. The highest BCUT2D eigenvalue weighted by molar-refractivity contribution is 5.88. The monoisotopic (exact) mass is 346 g/mol. The molecule has 3 rings (SSSR count). The summed E-state index contributed by atoms with van der Waals surface area (Å²) in [5.74, 6) is -0.933. The van der Waals surface area contributed by atoms with E-state index in [0.29, 0.717) is 0 Å². The Bertz CT molecular complexity index is 975. The highest BCUT2D eigenvalue weighted by Gasteiger charge is 2.10. The molecule has 1 N–H and O–H groups in total. The van der Waals surface area contributed by atoms with E-state index in [2.05, 4.69) is 61.5 Å². The molecule has 0 amide bonds. The number of hydrogen-bond acceptors (Lipinski definition) is 2. The van der Waals surface area contributed by atoms with Gasteiger partial charge in [0.25, 0.3) is 0 Å². The minimum atomic E-state index is -0.933. The number of nitrogens with zero attached hydrogens (tertiary/aromatic N) is 2. The molecule has 0 aliphatic rings. The lowest BCUT2D eigenvalue weighted by molar-refractivity contribution is 0.0697. The van der Waals surface area contributed by atoms with Gasteiger partial charge in [-0.2, -0.15) is 0 Å². The molecule has 0 aliphatic heterocycles. The number of rotatable bonds is 4. The van der Waals surface area contributed by atoms with E-state index in [-0.39, 0.29) is 5.56 Å². The molecule has 0 bridgehead atoms. The molecule has 0 atom stereocenters. The number of carbonyl (C=O) groups is 1. The number of carboxylic acid groups (broad SMARTS) is 1. The van der Waals surface area contributed by atoms with Crippen molar-refractivity contribution < 1.29 is 9.90 Å². The van der Waals surface area contributed by atoms with Crippen LogP contribution in [0.4, 0.5) is 5.69 Å². The van der Waals surface area contributed by atoms with Crippen molar-refractivity contribution in [3.05, 3.63) is 82.2 Å². The third-order valence-electron chi connectivity index (χ3n) is 4.40. The molecule has 0 fully saturated rings. The predicted molar refractivity (Wildman–Crippen MR) is 105 cm³/mol. The van der Waals surface area contributed by atoms with Crippen LogP contribution in [0.2, 0.25) is 0 Å². The lowest BCUT2D eigenvalue weighted by Crippen LogP contribution is -2.00. The van der Waals surface area contributed by atoms with Gasteiger partial charge < -0.3 is 9.67 Å². The molecular formula is C22H22N2O2. The Labute approximate surface area is 153 Å². The maximum Gasteiger partial charge on any atom is 0.335 e. The van der Waals surface area contributed by atoms with Crippen molar-refractivity contribution in [2.75, 3.05) is 0 Å². The Balaban J connectivity index is 1.93. The van der Waals surface area contributed by atoms with Gasteiger partial charge in [0.1, 0.15) is 0 Å². The van der Waals surface area contributed by atoms with Crippen molar-refractivity contribution in [3.8, 4) is 5.69 Å². The van der Waals surface area contributed by atoms with E-state index in [1.54, 1.807) is 24.3 Å². The van der Waals surface area contributed by atoms with Gasteiger partial charge in [-0.3, -0.25) is 4.99 Å². The second-order valence-electron chi connectivity index (χ2n) is 6.62. The standard InChI is InChI=1S/C22H22N2O2/c1-14-9-15(2)11-21(10-14)24-16(3)12-19(17(24)4)13-23-20-7-5-18(6-8-20)22(25)26/h5-13H,1-4H3,(H,25,26). The van der Waals surface area contributed by atoms with E-state index < -0.39 is 5.97 Å². The number of benzene rings is 2. The quantitative estimate of drug-likeness (QED) is 0.663. The summed E-state index contributed by atoms with van der Waals surface area (Å²) in [6.45, 7) is 8.38. The van der Waals surface area contributed by atoms with Crippen LogP contribution in [0.15, 0.2) is 53.5 Å². The van der Waals surface area contributed by atoms with Gasteiger partial charge in [0.2, 0.25) is 0 Å². The van der Waals surface area contributed by atoms with Crippen molar-refractivity contribution in [2.24, 2.45) is 4.99 Å². The maximum absolute atomic E-state index is 10.9. The summed E-state index contributed by atoms with van der Waals surface area (Å²) < 4.78 is 2.23. The van der Waals surface area contributed by atoms with Crippen molar-refractivity contribution >= 4 is 17.9 Å². The highest BCUT2D eigenvalue weighted by Crippen LogP contribution is 2.22. The molecule has 0 unspecified atom stereocenters. The third-order valence-corrected chi connectivity index (χ3v) is 4.40. The van der Waals surface area contributed by atoms with E-state index in [1.807, 2.05) is 6.21 Å². The van der Waals surface area contributed by atoms with Crippen LogP contribution in [0.3, 0.4) is 0 Å². The second-order valence-corrected chi connectivity index (χ2v) is 6.62. The van der Waals surface area contributed by atoms with E-state index in [0.717, 1.165) is 28.3 Å². The third kappa shape index (κ3) is 3.59. The molecule has 132 valence electrons. The molecule has 26 heavy (non-hydrogen) atoms. The summed E-state index contributed by atoms with van der Waals surface area (Å²) in [7, 11) is 0. The molecule has 3 aromatic rings. The fraction of sp³-hybridized carbons (Fsp3) is 0.182. The Hall–Kier alpha value is -3.14. The Morgan fingerprint density at radius 3 is 2.15 bits per heavy atom. The van der Waals surface area contributed by atoms with Gasteiger partial charge in [-0.25, -0.2) is 4.79 Å². The normalized spacial score (nSPS) is 11.2. The molecule has 4 heteroatoms. The van der Waals surface area contributed by atoms with Crippen LogP contribution in [0.5, 0.6) is 0 Å². The number of aliphatic imine (C=N–C) groups is 1. The van der Waals surface area contributed by atoms with Gasteiger partial charge in [0.15, 0.2) is 0 Å². The number of carboxylic acids is 1. The number of aromatic carboxylic acids is 1. The maximum atomic E-state index is 10.9. The smallest absolute Gasteiger partial charge is 0.335 e. The molecule has 1 heterocycles. The van der Waals surface area contributed by atoms with Crippen LogP contribution in [-0.2, 0) is 0 Å². The van der Waals surface area contributed by atoms with E-state index in [4.69, 9.17) is 5.11 Å². The van der Waals surface area contributed by atoms with Gasteiger partial charge in [-0.15, -0.1) is 0 Å². The summed E-state index contributed by atoms with van der Waals surface area (Å²) in [4.78, 5) is 15.4. The fourth-order valence-corrected chi connectivity index (χ4v) is 3.23. The molecule has 0 spiro atoms. The number of aryl methyl sites for hydroxylation is 3. The second kappa shape index (κ2) is 7.00. The van der Waals surface area contributed by atoms with Crippen LogP contribution < -0.4 is 0 Å². The topological polar surface area (TPSA) is 54.6 Å². The summed E-state index contributed by atoms with van der Waals surface area (Å²) in [5.41, 5.74) is 7.94. The van der Waals surface area contributed by atoms with Gasteiger partial charge >= 0.3 is 5.97 Å². The summed E-state index contributed by atoms with van der Waals surface area (Å²) in [5, 5.41) is 8.96. The fourth-order valence-electron chi connectivity index (χ4n) is 3.23. The summed E-state index contributed by atoms with van der Waals surface area (Å²) in [6, 6.07) is 15.2. The first kappa shape index (κ1) is 17.7. The molecule has 0 radical (unpaired) electrons. The van der Waals surface area contributed by atoms with Gasteiger partial charge in [-0.05, 0) is 81.3 Å². The van der Waals surface area contributed by atoms with Crippen molar-refractivity contribution in [1.82, 2.24) is 4.57 Å². The van der Waals surface area contributed by atoms with Gasteiger partial charge in [-0.1, -0.05) is 6.07 Å². The zero-order valence-corrected chi connectivity index (χ0v) is 15.4.